The van der Waals surface area contributed by atoms with E-state index in [0.29, 0.717) is 5.92 Å². The molecular formula is C8H13NaO2. The molecule has 0 aliphatic heterocycles. The Morgan fingerprint density at radius 2 is 1.91 bits per heavy atom. The van der Waals surface area contributed by atoms with E-state index in [-0.39, 0.29) is 35.5 Å². The van der Waals surface area contributed by atoms with Crippen LogP contribution in [0.3, 0.4) is 0 Å². The number of aliphatic carboxylic acids is 1. The van der Waals surface area contributed by atoms with Gasteiger partial charge in [0.2, 0.25) is 0 Å². The van der Waals surface area contributed by atoms with Gasteiger partial charge in [-0.3, -0.25) is 0 Å². The molecule has 0 aromatic heterocycles. The molecule has 2 unspecified atom stereocenters. The Morgan fingerprint density at radius 3 is 2.27 bits per heavy atom. The van der Waals surface area contributed by atoms with Crippen molar-refractivity contribution in [2.75, 3.05) is 0 Å². The Labute approximate surface area is 89.7 Å². The molecule has 1 fully saturated rings. The third-order valence-corrected chi connectivity index (χ3v) is 2.41. The van der Waals surface area contributed by atoms with Crippen LogP contribution in [0.15, 0.2) is 0 Å². The van der Waals surface area contributed by atoms with E-state index in [4.69, 9.17) is 0 Å². The second kappa shape index (κ2) is 5.18. The van der Waals surface area contributed by atoms with Gasteiger partial charge in [-0.2, -0.15) is 0 Å². The minimum atomic E-state index is -0.854. The van der Waals surface area contributed by atoms with Gasteiger partial charge < -0.3 is 9.90 Å². The second-order valence-corrected chi connectivity index (χ2v) is 3.19. The second-order valence-electron chi connectivity index (χ2n) is 3.19. The SMILES string of the molecule is CC1CCCCC1C(=O)[O-].[Na+]. The van der Waals surface area contributed by atoms with Gasteiger partial charge in [-0.15, -0.1) is 0 Å². The summed E-state index contributed by atoms with van der Waals surface area (Å²) >= 11 is 0. The van der Waals surface area contributed by atoms with Crippen LogP contribution in [0.5, 0.6) is 0 Å². The fourth-order valence-corrected chi connectivity index (χ4v) is 1.67. The normalized spacial score (nSPS) is 30.6. The third kappa shape index (κ3) is 3.14. The van der Waals surface area contributed by atoms with Gasteiger partial charge in [0.25, 0.3) is 0 Å². The zero-order chi connectivity index (χ0) is 7.56. The van der Waals surface area contributed by atoms with Gasteiger partial charge in [-0.05, 0) is 12.3 Å². The quantitative estimate of drug-likeness (QED) is 0.404. The summed E-state index contributed by atoms with van der Waals surface area (Å²) in [4.78, 5) is 10.5. The van der Waals surface area contributed by atoms with Crippen LogP contribution in [0, 0.1) is 11.8 Å². The zero-order valence-electron chi connectivity index (χ0n) is 7.30. The molecule has 0 N–H and O–H groups in total. The number of carboxylic acid groups (broad SMARTS) is 1. The molecule has 0 aromatic rings. The molecule has 2 nitrogen and oxygen atoms in total. The first-order valence-electron chi connectivity index (χ1n) is 3.92. The summed E-state index contributed by atoms with van der Waals surface area (Å²) in [5.74, 6) is -0.695. The van der Waals surface area contributed by atoms with Crippen LogP contribution < -0.4 is 34.7 Å². The van der Waals surface area contributed by atoms with Crippen molar-refractivity contribution in [3.63, 3.8) is 0 Å². The molecule has 1 aliphatic rings. The number of hydrogen-bond donors (Lipinski definition) is 0. The van der Waals surface area contributed by atoms with Crippen LogP contribution in [0.4, 0.5) is 0 Å². The van der Waals surface area contributed by atoms with E-state index in [1.165, 1.54) is 6.42 Å². The largest absolute Gasteiger partial charge is 1.00 e. The maximum atomic E-state index is 10.5. The minimum absolute atomic E-state index is 0. The van der Waals surface area contributed by atoms with Crippen molar-refractivity contribution in [2.45, 2.75) is 32.6 Å². The van der Waals surface area contributed by atoms with Crippen molar-refractivity contribution in [3.8, 4) is 0 Å². The molecule has 0 heterocycles. The molecule has 11 heavy (non-hydrogen) atoms. The van der Waals surface area contributed by atoms with Crippen molar-refractivity contribution in [3.05, 3.63) is 0 Å². The van der Waals surface area contributed by atoms with E-state index in [9.17, 15) is 9.90 Å². The van der Waals surface area contributed by atoms with Crippen LogP contribution in [-0.2, 0) is 4.79 Å². The Balaban J connectivity index is 0.000001000. The minimum Gasteiger partial charge on any atom is -0.550 e. The summed E-state index contributed by atoms with van der Waals surface area (Å²) in [6.07, 6.45) is 4.12. The molecule has 0 bridgehead atoms. The summed E-state index contributed by atoms with van der Waals surface area (Å²) in [7, 11) is 0. The Bertz CT molecular complexity index is 136. The Hall–Kier alpha value is 0.470. The van der Waals surface area contributed by atoms with Crippen LogP contribution in [0.1, 0.15) is 32.6 Å². The van der Waals surface area contributed by atoms with Gasteiger partial charge in [0.1, 0.15) is 0 Å². The average Bonchev–Trinajstić information content (AvgIpc) is 1.88. The summed E-state index contributed by atoms with van der Waals surface area (Å²) in [5, 5.41) is 10.5. The summed E-state index contributed by atoms with van der Waals surface area (Å²) in [6, 6.07) is 0. The fraction of sp³-hybridized carbons (Fsp3) is 0.875. The van der Waals surface area contributed by atoms with E-state index >= 15 is 0 Å². The average molecular weight is 164 g/mol. The van der Waals surface area contributed by atoms with Crippen molar-refractivity contribution >= 4 is 5.97 Å². The van der Waals surface area contributed by atoms with Crippen molar-refractivity contribution in [1.82, 2.24) is 0 Å². The first kappa shape index (κ1) is 11.5. The van der Waals surface area contributed by atoms with Gasteiger partial charge in [-0.1, -0.05) is 26.2 Å². The van der Waals surface area contributed by atoms with Crippen molar-refractivity contribution < 1.29 is 39.5 Å². The third-order valence-electron chi connectivity index (χ3n) is 2.41. The van der Waals surface area contributed by atoms with Crippen molar-refractivity contribution in [2.24, 2.45) is 11.8 Å². The van der Waals surface area contributed by atoms with E-state index in [1.54, 1.807) is 0 Å². The maximum Gasteiger partial charge on any atom is 1.00 e. The number of carbonyl (C=O) groups excluding carboxylic acids is 1. The van der Waals surface area contributed by atoms with Crippen LogP contribution in [0.2, 0.25) is 0 Å². The fourth-order valence-electron chi connectivity index (χ4n) is 1.67. The molecule has 0 amide bonds. The molecular weight excluding hydrogens is 151 g/mol. The number of carbonyl (C=O) groups is 1. The predicted molar refractivity (Wildman–Crippen MR) is 36.1 cm³/mol. The topological polar surface area (TPSA) is 40.1 Å². The monoisotopic (exact) mass is 164 g/mol. The maximum absolute atomic E-state index is 10.5. The smallest absolute Gasteiger partial charge is 0.550 e. The van der Waals surface area contributed by atoms with Gasteiger partial charge in [0.05, 0.1) is 0 Å². The molecule has 2 atom stereocenters. The van der Waals surface area contributed by atoms with Crippen molar-refractivity contribution in [1.29, 1.82) is 0 Å². The summed E-state index contributed by atoms with van der Waals surface area (Å²) < 4.78 is 0. The van der Waals surface area contributed by atoms with E-state index in [0.717, 1.165) is 19.3 Å². The first-order chi connectivity index (χ1) is 4.72. The number of rotatable bonds is 1. The molecule has 1 rings (SSSR count). The molecule has 0 saturated heterocycles. The van der Waals surface area contributed by atoms with Gasteiger partial charge in [0, 0.05) is 11.9 Å². The van der Waals surface area contributed by atoms with Crippen LogP contribution >= 0.6 is 0 Å². The van der Waals surface area contributed by atoms with Crippen LogP contribution in [-0.4, -0.2) is 5.97 Å². The first-order valence-corrected chi connectivity index (χ1v) is 3.92. The molecule has 1 aliphatic carbocycles. The molecule has 0 radical (unpaired) electrons. The van der Waals surface area contributed by atoms with Gasteiger partial charge in [0.15, 0.2) is 0 Å². The van der Waals surface area contributed by atoms with E-state index in [2.05, 4.69) is 0 Å². The predicted octanol–water partition coefficient (Wildman–Crippen LogP) is -2.43. The molecule has 1 saturated carbocycles. The molecule has 0 aromatic carbocycles. The zero-order valence-corrected chi connectivity index (χ0v) is 9.30. The standard InChI is InChI=1S/C8H14O2.Na/c1-6-4-2-3-5-7(6)8(9)10;/h6-7H,2-5H2,1H3,(H,9,10);/q;+1/p-1. The summed E-state index contributed by atoms with van der Waals surface area (Å²) in [6.45, 7) is 2.00. The summed E-state index contributed by atoms with van der Waals surface area (Å²) in [5.41, 5.74) is 0. The van der Waals surface area contributed by atoms with Gasteiger partial charge in [-0.25, -0.2) is 0 Å². The molecule has 58 valence electrons. The molecule has 0 spiro atoms. The van der Waals surface area contributed by atoms with E-state index < -0.39 is 5.97 Å². The van der Waals surface area contributed by atoms with Crippen LogP contribution in [0.25, 0.3) is 0 Å². The van der Waals surface area contributed by atoms with Gasteiger partial charge >= 0.3 is 29.6 Å². The number of hydrogen-bond acceptors (Lipinski definition) is 2. The Morgan fingerprint density at radius 1 is 1.36 bits per heavy atom. The molecule has 3 heteroatoms. The number of carboxylic acids is 1. The Kier molecular flexibility index (Phi) is 5.40. The van der Waals surface area contributed by atoms with E-state index in [1.807, 2.05) is 6.92 Å².